The van der Waals surface area contributed by atoms with Gasteiger partial charge in [-0.2, -0.15) is 4.31 Å². The average Bonchev–Trinajstić information content (AvgIpc) is 3.20. The van der Waals surface area contributed by atoms with E-state index in [1.807, 2.05) is 55.5 Å². The van der Waals surface area contributed by atoms with Crippen molar-refractivity contribution in [1.82, 2.24) is 9.46 Å². The van der Waals surface area contributed by atoms with Gasteiger partial charge in [-0.1, -0.05) is 63.1 Å². The number of carbonyl (C=O) groups excluding carboxylic acids is 1. The molecular formula is C25H26BrN3O4S. The molecule has 0 saturated carbocycles. The van der Waals surface area contributed by atoms with Gasteiger partial charge in [0.05, 0.1) is 0 Å². The number of rotatable bonds is 6. The standard InChI is InChI=1S/C25H26BrN3O4S/c1-17-6-8-19(9-7-17)10-11-23-24(18(2)28-33-23)34(31,32)29-14-12-20(13-15-29)25(30)27-22-5-3-4-21(26)16-22/h3-11,16,20H,12-15H2,1-2H3,(H,27,30). The fourth-order valence-electron chi connectivity index (χ4n) is 3.95. The second-order valence-corrected chi connectivity index (χ2v) is 11.2. The van der Waals surface area contributed by atoms with Crippen molar-refractivity contribution in [2.45, 2.75) is 31.6 Å². The van der Waals surface area contributed by atoms with Gasteiger partial charge in [0.15, 0.2) is 10.7 Å². The first-order valence-corrected chi connectivity index (χ1v) is 13.2. The number of halogens is 1. The first kappa shape index (κ1) is 24.4. The molecular weight excluding hydrogens is 518 g/mol. The van der Waals surface area contributed by atoms with E-state index in [4.69, 9.17) is 4.52 Å². The summed E-state index contributed by atoms with van der Waals surface area (Å²) in [4.78, 5) is 12.8. The van der Waals surface area contributed by atoms with E-state index in [0.29, 0.717) is 24.2 Å². The molecule has 1 N–H and O–H groups in total. The van der Waals surface area contributed by atoms with Crippen LogP contribution in [0.1, 0.15) is 35.4 Å². The zero-order valence-electron chi connectivity index (χ0n) is 19.0. The van der Waals surface area contributed by atoms with Gasteiger partial charge < -0.3 is 9.84 Å². The Labute approximate surface area is 208 Å². The molecule has 7 nitrogen and oxygen atoms in total. The lowest BCUT2D eigenvalue weighted by molar-refractivity contribution is -0.120. The molecule has 34 heavy (non-hydrogen) atoms. The van der Waals surface area contributed by atoms with Crippen LogP contribution in [0, 0.1) is 19.8 Å². The summed E-state index contributed by atoms with van der Waals surface area (Å²) in [6.07, 6.45) is 4.32. The Balaban J connectivity index is 1.45. The van der Waals surface area contributed by atoms with E-state index in [2.05, 4.69) is 26.4 Å². The van der Waals surface area contributed by atoms with Crippen LogP contribution in [0.5, 0.6) is 0 Å². The molecule has 1 aliphatic heterocycles. The summed E-state index contributed by atoms with van der Waals surface area (Å²) >= 11 is 3.39. The number of piperidine rings is 1. The van der Waals surface area contributed by atoms with Gasteiger partial charge in [-0.25, -0.2) is 8.42 Å². The summed E-state index contributed by atoms with van der Waals surface area (Å²) in [5.74, 6) is -0.152. The topological polar surface area (TPSA) is 92.5 Å². The summed E-state index contributed by atoms with van der Waals surface area (Å²) in [5.41, 5.74) is 3.10. The molecule has 2 aromatic carbocycles. The number of hydrogen-bond acceptors (Lipinski definition) is 5. The Kier molecular flexibility index (Phi) is 7.35. The van der Waals surface area contributed by atoms with Crippen molar-refractivity contribution in [1.29, 1.82) is 0 Å². The number of sulfonamides is 1. The van der Waals surface area contributed by atoms with E-state index in [1.54, 1.807) is 19.1 Å². The van der Waals surface area contributed by atoms with Crippen LogP contribution in [0.3, 0.4) is 0 Å². The van der Waals surface area contributed by atoms with E-state index >= 15 is 0 Å². The maximum Gasteiger partial charge on any atom is 0.248 e. The largest absolute Gasteiger partial charge is 0.355 e. The van der Waals surface area contributed by atoms with Gasteiger partial charge in [0, 0.05) is 29.2 Å². The number of benzene rings is 2. The van der Waals surface area contributed by atoms with Crippen LogP contribution in [-0.2, 0) is 14.8 Å². The van der Waals surface area contributed by atoms with Crippen LogP contribution < -0.4 is 5.32 Å². The van der Waals surface area contributed by atoms with Gasteiger partial charge in [-0.3, -0.25) is 4.79 Å². The second-order valence-electron chi connectivity index (χ2n) is 8.38. The van der Waals surface area contributed by atoms with Crippen LogP contribution in [0.25, 0.3) is 12.2 Å². The lowest BCUT2D eigenvalue weighted by Gasteiger charge is -2.30. The third-order valence-electron chi connectivity index (χ3n) is 5.85. The second kappa shape index (κ2) is 10.2. The van der Waals surface area contributed by atoms with Crippen molar-refractivity contribution >= 4 is 49.7 Å². The third-order valence-corrected chi connectivity index (χ3v) is 8.40. The van der Waals surface area contributed by atoms with Gasteiger partial charge in [-0.15, -0.1) is 0 Å². The Morgan fingerprint density at radius 2 is 1.82 bits per heavy atom. The Morgan fingerprint density at radius 3 is 2.50 bits per heavy atom. The fraction of sp³-hybridized carbons (Fsp3) is 0.280. The molecule has 9 heteroatoms. The number of carbonyl (C=O) groups is 1. The minimum atomic E-state index is -3.82. The van der Waals surface area contributed by atoms with E-state index in [1.165, 1.54) is 4.31 Å². The monoisotopic (exact) mass is 543 g/mol. The molecule has 0 atom stereocenters. The van der Waals surface area contributed by atoms with Gasteiger partial charge in [0.2, 0.25) is 15.9 Å². The van der Waals surface area contributed by atoms with E-state index < -0.39 is 10.0 Å². The number of aryl methyl sites for hydroxylation is 2. The SMILES string of the molecule is Cc1ccc(C=Cc2onc(C)c2S(=O)(=O)N2CCC(C(=O)Nc3cccc(Br)c3)CC2)cc1. The number of nitrogens with one attached hydrogen (secondary N) is 1. The molecule has 0 aliphatic carbocycles. The predicted molar refractivity (Wildman–Crippen MR) is 136 cm³/mol. The summed E-state index contributed by atoms with van der Waals surface area (Å²) in [5, 5.41) is 6.82. The number of anilines is 1. The quantitative estimate of drug-likeness (QED) is 0.457. The van der Waals surface area contributed by atoms with Crippen molar-refractivity contribution in [2.75, 3.05) is 18.4 Å². The Morgan fingerprint density at radius 1 is 1.12 bits per heavy atom. The Bertz CT molecular complexity index is 1310. The van der Waals surface area contributed by atoms with Crippen LogP contribution in [0.2, 0.25) is 0 Å². The summed E-state index contributed by atoms with van der Waals surface area (Å²) in [6.45, 7) is 4.14. The van der Waals surface area contributed by atoms with E-state index in [0.717, 1.165) is 15.6 Å². The molecule has 1 aromatic heterocycles. The lowest BCUT2D eigenvalue weighted by atomic mass is 9.97. The summed E-state index contributed by atoms with van der Waals surface area (Å²) in [7, 11) is -3.82. The van der Waals surface area contributed by atoms with Gasteiger partial charge >= 0.3 is 0 Å². The van der Waals surface area contributed by atoms with Crippen molar-refractivity contribution in [3.05, 3.63) is 75.6 Å². The van der Waals surface area contributed by atoms with Crippen molar-refractivity contribution in [2.24, 2.45) is 5.92 Å². The lowest BCUT2D eigenvalue weighted by Crippen LogP contribution is -2.41. The normalized spacial score (nSPS) is 15.6. The molecule has 1 aliphatic rings. The first-order valence-electron chi connectivity index (χ1n) is 11.0. The number of nitrogens with zero attached hydrogens (tertiary/aromatic N) is 2. The van der Waals surface area contributed by atoms with E-state index in [-0.39, 0.29) is 35.6 Å². The van der Waals surface area contributed by atoms with Crippen LogP contribution in [0.4, 0.5) is 5.69 Å². The smallest absolute Gasteiger partial charge is 0.248 e. The molecule has 1 fully saturated rings. The van der Waals surface area contributed by atoms with Crippen LogP contribution >= 0.6 is 15.9 Å². The number of hydrogen-bond donors (Lipinski definition) is 1. The maximum absolute atomic E-state index is 13.4. The molecule has 0 radical (unpaired) electrons. The summed E-state index contributed by atoms with van der Waals surface area (Å²) in [6, 6.07) is 15.3. The zero-order chi connectivity index (χ0) is 24.3. The summed E-state index contributed by atoms with van der Waals surface area (Å²) < 4.78 is 34.5. The molecule has 1 amide bonds. The maximum atomic E-state index is 13.4. The molecule has 0 bridgehead atoms. The highest BCUT2D eigenvalue weighted by Gasteiger charge is 2.35. The molecule has 2 heterocycles. The zero-order valence-corrected chi connectivity index (χ0v) is 21.4. The van der Waals surface area contributed by atoms with Gasteiger partial charge in [-0.05, 0) is 56.5 Å². The minimum Gasteiger partial charge on any atom is -0.355 e. The van der Waals surface area contributed by atoms with Gasteiger partial charge in [0.25, 0.3) is 0 Å². The number of aromatic nitrogens is 1. The molecule has 178 valence electrons. The highest BCUT2D eigenvalue weighted by Crippen LogP contribution is 2.30. The molecule has 0 unspecified atom stereocenters. The molecule has 4 rings (SSSR count). The van der Waals surface area contributed by atoms with Crippen molar-refractivity contribution in [3.63, 3.8) is 0 Å². The van der Waals surface area contributed by atoms with Gasteiger partial charge in [0.1, 0.15) is 5.69 Å². The first-order chi connectivity index (χ1) is 16.2. The van der Waals surface area contributed by atoms with Crippen molar-refractivity contribution < 1.29 is 17.7 Å². The fourth-order valence-corrected chi connectivity index (χ4v) is 6.07. The van der Waals surface area contributed by atoms with E-state index in [9.17, 15) is 13.2 Å². The highest BCUT2D eigenvalue weighted by molar-refractivity contribution is 9.10. The third kappa shape index (κ3) is 5.48. The van der Waals surface area contributed by atoms with Crippen LogP contribution in [-0.4, -0.2) is 36.9 Å². The highest BCUT2D eigenvalue weighted by atomic mass is 79.9. The minimum absolute atomic E-state index is 0.0768. The molecule has 3 aromatic rings. The Hall–Kier alpha value is -2.75. The number of amides is 1. The van der Waals surface area contributed by atoms with Crippen LogP contribution in [0.15, 0.2) is 62.4 Å². The predicted octanol–water partition coefficient (Wildman–Crippen LogP) is 5.26. The average molecular weight is 544 g/mol. The molecule has 0 spiro atoms. The van der Waals surface area contributed by atoms with Crippen molar-refractivity contribution in [3.8, 4) is 0 Å². The molecule has 1 saturated heterocycles.